The van der Waals surface area contributed by atoms with Crippen molar-refractivity contribution < 1.29 is 0 Å². The molecule has 0 atom stereocenters. The molecule has 4 nitrogen and oxygen atoms in total. The summed E-state index contributed by atoms with van der Waals surface area (Å²) in [6, 6.07) is 6.71. The van der Waals surface area contributed by atoms with Crippen molar-refractivity contribution in [2.45, 2.75) is 35.5 Å². The monoisotopic (exact) mass is 294 g/mol. The van der Waals surface area contributed by atoms with Gasteiger partial charge in [-0.1, -0.05) is 23.7 Å². The van der Waals surface area contributed by atoms with Crippen molar-refractivity contribution in [1.29, 1.82) is 0 Å². The number of nitrogens with zero attached hydrogens (tertiary/aromatic N) is 3. The summed E-state index contributed by atoms with van der Waals surface area (Å²) in [5, 5.41) is 13.1. The van der Waals surface area contributed by atoms with Crippen LogP contribution in [0.15, 0.2) is 34.6 Å². The van der Waals surface area contributed by atoms with E-state index in [9.17, 15) is 0 Å². The molecular weight excluding hydrogens is 280 g/mol. The first-order valence-electron chi connectivity index (χ1n) is 6.26. The lowest BCUT2D eigenvalue weighted by Crippen LogP contribution is -2.15. The number of aryl methyl sites for hydroxylation is 1. The number of nitrogens with one attached hydrogen (secondary N) is 1. The molecule has 1 aliphatic rings. The second kappa shape index (κ2) is 5.53. The van der Waals surface area contributed by atoms with Crippen molar-refractivity contribution in [3.8, 4) is 0 Å². The van der Waals surface area contributed by atoms with Crippen molar-refractivity contribution in [1.82, 2.24) is 20.1 Å². The summed E-state index contributed by atoms with van der Waals surface area (Å²) in [7, 11) is 1.93. The fraction of sp³-hybridized carbons (Fsp3) is 0.385. The molecule has 6 heteroatoms. The van der Waals surface area contributed by atoms with Gasteiger partial charge < -0.3 is 9.88 Å². The summed E-state index contributed by atoms with van der Waals surface area (Å²) in [5.74, 6) is 0. The Morgan fingerprint density at radius 3 is 3.00 bits per heavy atom. The molecule has 0 bridgehead atoms. The molecule has 1 aromatic carbocycles. The van der Waals surface area contributed by atoms with Crippen LogP contribution >= 0.6 is 23.4 Å². The van der Waals surface area contributed by atoms with E-state index >= 15 is 0 Å². The molecule has 2 aromatic rings. The van der Waals surface area contributed by atoms with Gasteiger partial charge in [-0.3, -0.25) is 0 Å². The highest BCUT2D eigenvalue weighted by molar-refractivity contribution is 7.99. The third-order valence-corrected chi connectivity index (χ3v) is 4.74. The predicted molar refractivity (Wildman–Crippen MR) is 76.4 cm³/mol. The first kappa shape index (κ1) is 13.0. The zero-order valence-corrected chi connectivity index (χ0v) is 12.2. The van der Waals surface area contributed by atoms with Crippen LogP contribution in [0.5, 0.6) is 0 Å². The fourth-order valence-corrected chi connectivity index (χ4v) is 3.01. The standard InChI is InChI=1S/C13H15ClN4S/c1-18-8-16-17-13(18)19-12-9(3-2-4-11(12)14)7-15-10-5-6-10/h2-4,8,10,15H,5-7H2,1H3. The van der Waals surface area contributed by atoms with E-state index in [4.69, 9.17) is 11.6 Å². The summed E-state index contributed by atoms with van der Waals surface area (Å²) < 4.78 is 1.89. The van der Waals surface area contributed by atoms with Gasteiger partial charge in [-0.25, -0.2) is 0 Å². The van der Waals surface area contributed by atoms with Crippen LogP contribution in [-0.4, -0.2) is 20.8 Å². The third-order valence-electron chi connectivity index (χ3n) is 3.07. The highest BCUT2D eigenvalue weighted by Gasteiger charge is 2.21. The fourth-order valence-electron chi connectivity index (χ4n) is 1.81. The summed E-state index contributed by atoms with van der Waals surface area (Å²) >= 11 is 7.89. The van der Waals surface area contributed by atoms with E-state index in [1.54, 1.807) is 18.1 Å². The highest BCUT2D eigenvalue weighted by Crippen LogP contribution is 2.35. The normalized spacial score (nSPS) is 14.8. The molecule has 0 unspecified atom stereocenters. The van der Waals surface area contributed by atoms with E-state index in [2.05, 4.69) is 21.6 Å². The Balaban J connectivity index is 1.83. The molecule has 1 fully saturated rings. The molecular formula is C13H15ClN4S. The second-order valence-corrected chi connectivity index (χ2v) is 6.09. The first-order chi connectivity index (χ1) is 9.24. The van der Waals surface area contributed by atoms with Crippen LogP contribution in [0.1, 0.15) is 18.4 Å². The molecule has 0 radical (unpaired) electrons. The summed E-state index contributed by atoms with van der Waals surface area (Å²) in [6.07, 6.45) is 4.26. The van der Waals surface area contributed by atoms with Crippen LogP contribution in [-0.2, 0) is 13.6 Å². The molecule has 0 saturated heterocycles. The maximum atomic E-state index is 6.32. The average molecular weight is 295 g/mol. The van der Waals surface area contributed by atoms with Crippen LogP contribution in [0.4, 0.5) is 0 Å². The third kappa shape index (κ3) is 3.11. The highest BCUT2D eigenvalue weighted by atomic mass is 35.5. The largest absolute Gasteiger partial charge is 0.311 e. The van der Waals surface area contributed by atoms with Gasteiger partial charge in [-0.05, 0) is 36.2 Å². The number of halogens is 1. The summed E-state index contributed by atoms with van der Waals surface area (Å²) in [6.45, 7) is 0.853. The Hall–Kier alpha value is -1.04. The summed E-state index contributed by atoms with van der Waals surface area (Å²) in [5.41, 5.74) is 1.22. The van der Waals surface area contributed by atoms with E-state index in [-0.39, 0.29) is 0 Å². The van der Waals surface area contributed by atoms with Gasteiger partial charge >= 0.3 is 0 Å². The molecule has 19 heavy (non-hydrogen) atoms. The van der Waals surface area contributed by atoms with Gasteiger partial charge in [0, 0.05) is 24.5 Å². The lowest BCUT2D eigenvalue weighted by Gasteiger charge is -2.11. The van der Waals surface area contributed by atoms with Crippen LogP contribution in [0.25, 0.3) is 0 Å². The molecule has 1 saturated carbocycles. The van der Waals surface area contributed by atoms with E-state index in [1.165, 1.54) is 18.4 Å². The number of benzene rings is 1. The van der Waals surface area contributed by atoms with Crippen LogP contribution < -0.4 is 5.32 Å². The van der Waals surface area contributed by atoms with Gasteiger partial charge in [-0.15, -0.1) is 10.2 Å². The number of aromatic nitrogens is 3. The van der Waals surface area contributed by atoms with Crippen LogP contribution in [0.3, 0.4) is 0 Å². The van der Waals surface area contributed by atoms with E-state index < -0.39 is 0 Å². The molecule has 1 aliphatic carbocycles. The Morgan fingerprint density at radius 1 is 1.47 bits per heavy atom. The van der Waals surface area contributed by atoms with Crippen molar-refractivity contribution >= 4 is 23.4 Å². The van der Waals surface area contributed by atoms with Gasteiger partial charge in [0.05, 0.1) is 5.02 Å². The van der Waals surface area contributed by atoms with Crippen molar-refractivity contribution in [3.63, 3.8) is 0 Å². The van der Waals surface area contributed by atoms with Gasteiger partial charge in [0.2, 0.25) is 0 Å². The SMILES string of the molecule is Cn1cnnc1Sc1c(Cl)cccc1CNC1CC1. The smallest absolute Gasteiger partial charge is 0.195 e. The minimum absolute atomic E-state index is 0.687. The molecule has 1 heterocycles. The molecule has 0 amide bonds. The Kier molecular flexibility index (Phi) is 3.77. The Morgan fingerprint density at radius 2 is 2.32 bits per heavy atom. The Labute approximate surface area is 121 Å². The van der Waals surface area contributed by atoms with Crippen LogP contribution in [0, 0.1) is 0 Å². The zero-order chi connectivity index (χ0) is 13.2. The zero-order valence-electron chi connectivity index (χ0n) is 10.6. The average Bonchev–Trinajstić information content (AvgIpc) is 3.14. The molecule has 3 rings (SSSR count). The molecule has 1 N–H and O–H groups in total. The predicted octanol–water partition coefficient (Wildman–Crippen LogP) is 2.87. The maximum absolute atomic E-state index is 6.32. The Bertz CT molecular complexity index is 580. The lowest BCUT2D eigenvalue weighted by atomic mass is 10.2. The minimum atomic E-state index is 0.687. The summed E-state index contributed by atoms with van der Waals surface area (Å²) in [4.78, 5) is 1.06. The van der Waals surface area contributed by atoms with E-state index in [0.29, 0.717) is 6.04 Å². The number of hydrogen-bond acceptors (Lipinski definition) is 4. The second-order valence-electron chi connectivity index (χ2n) is 4.71. The quantitative estimate of drug-likeness (QED) is 0.921. The van der Waals surface area contributed by atoms with Gasteiger partial charge in [0.25, 0.3) is 0 Å². The minimum Gasteiger partial charge on any atom is -0.311 e. The molecule has 0 aliphatic heterocycles. The van der Waals surface area contributed by atoms with Gasteiger partial charge in [-0.2, -0.15) is 0 Å². The maximum Gasteiger partial charge on any atom is 0.195 e. The van der Waals surface area contributed by atoms with Gasteiger partial charge in [0.15, 0.2) is 5.16 Å². The van der Waals surface area contributed by atoms with E-state index in [0.717, 1.165) is 21.6 Å². The van der Waals surface area contributed by atoms with E-state index in [1.807, 2.05) is 23.7 Å². The molecule has 0 spiro atoms. The first-order valence-corrected chi connectivity index (χ1v) is 7.46. The van der Waals surface area contributed by atoms with Crippen molar-refractivity contribution in [2.24, 2.45) is 7.05 Å². The van der Waals surface area contributed by atoms with Crippen molar-refractivity contribution in [3.05, 3.63) is 35.1 Å². The topological polar surface area (TPSA) is 42.7 Å². The number of rotatable bonds is 5. The van der Waals surface area contributed by atoms with Crippen molar-refractivity contribution in [2.75, 3.05) is 0 Å². The molecule has 1 aromatic heterocycles. The van der Waals surface area contributed by atoms with Gasteiger partial charge in [0.1, 0.15) is 6.33 Å². The lowest BCUT2D eigenvalue weighted by molar-refractivity contribution is 0.680. The molecule has 100 valence electrons. The van der Waals surface area contributed by atoms with Crippen LogP contribution in [0.2, 0.25) is 5.02 Å². The number of hydrogen-bond donors (Lipinski definition) is 1.